The van der Waals surface area contributed by atoms with E-state index in [2.05, 4.69) is 11.3 Å². The second-order valence-electron chi connectivity index (χ2n) is 6.89. The van der Waals surface area contributed by atoms with Crippen LogP contribution in [0.4, 0.5) is 79.1 Å². The van der Waals surface area contributed by atoms with E-state index >= 15 is 0 Å². The zero-order valence-electron chi connectivity index (χ0n) is 17.4. The molecule has 38 heavy (non-hydrogen) atoms. The van der Waals surface area contributed by atoms with Crippen LogP contribution in [0.5, 0.6) is 0 Å². The molecule has 0 unspecified atom stereocenters. The van der Waals surface area contributed by atoms with E-state index in [1.807, 2.05) is 0 Å². The third-order valence-electron chi connectivity index (χ3n) is 4.13. The van der Waals surface area contributed by atoms with Crippen LogP contribution in [0.3, 0.4) is 0 Å². The third kappa shape index (κ3) is 4.96. The molecule has 0 fully saturated rings. The van der Waals surface area contributed by atoms with Crippen molar-refractivity contribution in [3.05, 3.63) is 12.2 Å². The van der Waals surface area contributed by atoms with E-state index in [-0.39, 0.29) is 0 Å². The molecule has 0 aromatic carbocycles. The molecule has 0 radical (unpaired) electrons. The molecular formula is C14H9F18NO4S. The summed E-state index contributed by atoms with van der Waals surface area (Å²) in [6, 6.07) is 0. The summed E-state index contributed by atoms with van der Waals surface area (Å²) in [5.41, 5.74) is -0.536. The Morgan fingerprint density at radius 3 is 1.32 bits per heavy atom. The van der Waals surface area contributed by atoms with Crippen LogP contribution in [0.25, 0.3) is 0 Å². The van der Waals surface area contributed by atoms with Gasteiger partial charge in [0.2, 0.25) is 0 Å². The van der Waals surface area contributed by atoms with Crippen molar-refractivity contribution in [1.29, 1.82) is 0 Å². The lowest BCUT2D eigenvalue weighted by atomic mass is 9.91. The Labute approximate surface area is 198 Å². The molecule has 0 amide bonds. The van der Waals surface area contributed by atoms with Gasteiger partial charge in [0.15, 0.2) is 0 Å². The molecule has 0 rings (SSSR count). The Balaban J connectivity index is 6.66. The van der Waals surface area contributed by atoms with Crippen molar-refractivity contribution >= 4 is 16.0 Å². The van der Waals surface area contributed by atoms with Crippen LogP contribution in [-0.4, -0.2) is 79.0 Å². The number of rotatable bonds is 12. The standard InChI is InChI=1S/C14H9F18NO4S/c1-5(2)6(34)37-4-3-33(32)38(35,36)14(30,31)12(25,26)10(21,22)8(17,18)7(15,16)9(19,20)11(23,24)13(27,28)29/h1,3-4H2,2H3. The van der Waals surface area contributed by atoms with Crippen molar-refractivity contribution < 1.29 is 97.1 Å². The Morgan fingerprint density at radius 1 is 0.684 bits per heavy atom. The first-order chi connectivity index (χ1) is 16.2. The van der Waals surface area contributed by atoms with Gasteiger partial charge in [-0.1, -0.05) is 6.58 Å². The van der Waals surface area contributed by atoms with Crippen molar-refractivity contribution in [2.75, 3.05) is 13.2 Å². The number of alkyl halides is 17. The minimum Gasteiger partial charge on any atom is -0.461 e. The van der Waals surface area contributed by atoms with Gasteiger partial charge in [0.1, 0.15) is 6.61 Å². The van der Waals surface area contributed by atoms with E-state index in [0.717, 1.165) is 6.92 Å². The Kier molecular flexibility index (Phi) is 9.25. The Morgan fingerprint density at radius 2 is 1.00 bits per heavy atom. The molecule has 0 saturated carbocycles. The van der Waals surface area contributed by atoms with Crippen LogP contribution in [0.15, 0.2) is 12.2 Å². The van der Waals surface area contributed by atoms with Gasteiger partial charge >= 0.3 is 63.0 Å². The van der Waals surface area contributed by atoms with Crippen molar-refractivity contribution in [2.24, 2.45) is 0 Å². The number of carbonyl (C=O) groups excluding carboxylic acids is 1. The highest BCUT2D eigenvalue weighted by Crippen LogP contribution is 2.64. The topological polar surface area (TPSA) is 63.7 Å². The highest BCUT2D eigenvalue weighted by Gasteiger charge is 2.96. The van der Waals surface area contributed by atoms with Crippen molar-refractivity contribution in [3.8, 4) is 0 Å². The fraction of sp³-hybridized carbons (Fsp3) is 0.786. The molecule has 0 spiro atoms. The van der Waals surface area contributed by atoms with Gasteiger partial charge in [-0.15, -0.1) is 4.48 Å². The summed E-state index contributed by atoms with van der Waals surface area (Å²) in [7, 11) is -8.09. The zero-order valence-corrected chi connectivity index (χ0v) is 18.2. The summed E-state index contributed by atoms with van der Waals surface area (Å²) in [6.45, 7) is -0.261. The van der Waals surface area contributed by atoms with Gasteiger partial charge in [0.05, 0.1) is 6.54 Å². The lowest BCUT2D eigenvalue weighted by molar-refractivity contribution is -0.458. The molecule has 226 valence electrons. The molecule has 5 nitrogen and oxygen atoms in total. The van der Waals surface area contributed by atoms with Crippen LogP contribution in [0.1, 0.15) is 6.92 Å². The van der Waals surface area contributed by atoms with Crippen LogP contribution in [-0.2, 0) is 19.6 Å². The highest BCUT2D eigenvalue weighted by molar-refractivity contribution is 7.90. The van der Waals surface area contributed by atoms with Gasteiger partial charge in [-0.3, -0.25) is 0 Å². The first-order valence-electron chi connectivity index (χ1n) is 8.47. The molecule has 0 aromatic rings. The number of nitrogens with zero attached hydrogens (tertiary/aromatic N) is 1. The minimum absolute atomic E-state index is 0.536. The number of sulfonamides is 1. The maximum Gasteiger partial charge on any atom is 0.460 e. The summed E-state index contributed by atoms with van der Waals surface area (Å²) in [5, 5.41) is -8.04. The van der Waals surface area contributed by atoms with Gasteiger partial charge in [-0.05, 0) is 11.5 Å². The highest BCUT2D eigenvalue weighted by atomic mass is 32.2. The van der Waals surface area contributed by atoms with Gasteiger partial charge in [-0.2, -0.15) is 74.6 Å². The van der Waals surface area contributed by atoms with Gasteiger partial charge in [0, 0.05) is 5.57 Å². The van der Waals surface area contributed by atoms with E-state index in [1.165, 1.54) is 0 Å². The fourth-order valence-electron chi connectivity index (χ4n) is 1.89. The second-order valence-corrected chi connectivity index (χ2v) is 8.75. The van der Waals surface area contributed by atoms with E-state index < -0.39 is 86.2 Å². The zero-order chi connectivity index (χ0) is 31.4. The molecule has 0 atom stereocenters. The maximum atomic E-state index is 13.8. The quantitative estimate of drug-likeness (QED) is 0.122. The van der Waals surface area contributed by atoms with Crippen molar-refractivity contribution in [3.63, 3.8) is 0 Å². The summed E-state index contributed by atoms with van der Waals surface area (Å²) in [4.78, 5) is 11.0. The smallest absolute Gasteiger partial charge is 0.460 e. The third-order valence-corrected chi connectivity index (χ3v) is 5.74. The number of ether oxygens (including phenoxy) is 1. The lowest BCUT2D eigenvalue weighted by Gasteiger charge is -2.42. The number of hydrogen-bond acceptors (Lipinski definition) is 4. The van der Waals surface area contributed by atoms with Gasteiger partial charge in [-0.25, -0.2) is 13.2 Å². The van der Waals surface area contributed by atoms with E-state index in [9.17, 15) is 92.3 Å². The molecule has 0 aromatic heterocycles. The molecule has 0 bridgehead atoms. The number of esters is 1. The van der Waals surface area contributed by atoms with E-state index in [4.69, 9.17) is 0 Å². The summed E-state index contributed by atoms with van der Waals surface area (Å²) >= 11 is 0. The average Bonchev–Trinajstić information content (AvgIpc) is 2.71. The molecule has 0 saturated heterocycles. The molecule has 0 aliphatic carbocycles. The number of halogens is 18. The average molecular weight is 629 g/mol. The summed E-state index contributed by atoms with van der Waals surface area (Å²) in [6.07, 6.45) is -7.95. The van der Waals surface area contributed by atoms with Crippen LogP contribution < -0.4 is 0 Å². The first-order valence-corrected chi connectivity index (χ1v) is 9.91. The van der Waals surface area contributed by atoms with E-state index in [1.54, 1.807) is 0 Å². The van der Waals surface area contributed by atoms with Crippen molar-refractivity contribution in [2.45, 2.75) is 53.9 Å². The molecule has 0 aliphatic rings. The predicted molar refractivity (Wildman–Crippen MR) is 83.2 cm³/mol. The predicted octanol–water partition coefficient (Wildman–Crippen LogP) is 5.59. The normalized spacial score (nSPS) is 15.6. The molecule has 24 heteroatoms. The van der Waals surface area contributed by atoms with Crippen LogP contribution in [0, 0.1) is 0 Å². The minimum atomic E-state index is -9.03. The van der Waals surface area contributed by atoms with Gasteiger partial charge < -0.3 is 4.74 Å². The van der Waals surface area contributed by atoms with Crippen LogP contribution >= 0.6 is 0 Å². The second kappa shape index (κ2) is 9.80. The molecular weight excluding hydrogens is 620 g/mol. The summed E-state index contributed by atoms with van der Waals surface area (Å²) in [5.74, 6) is -54.3. The summed E-state index contributed by atoms with van der Waals surface area (Å²) < 4.78 is 261. The molecule has 0 aliphatic heterocycles. The number of hydrogen-bond donors (Lipinski definition) is 0. The lowest BCUT2D eigenvalue weighted by Crippen LogP contribution is -2.75. The first kappa shape index (κ1) is 35.9. The SMILES string of the molecule is C=C(C)C(=O)OCCN(F)S(=O)(=O)C(F)(F)C(F)(F)C(F)(F)C(F)(F)C(F)(F)C(F)(F)C(F)(F)C(F)(F)F. The Bertz CT molecular complexity index is 1020. The molecule has 0 heterocycles. The fourth-order valence-corrected chi connectivity index (χ4v) is 2.91. The Hall–Kier alpha value is -2.14. The van der Waals surface area contributed by atoms with Crippen LogP contribution in [0.2, 0.25) is 0 Å². The van der Waals surface area contributed by atoms with Crippen molar-refractivity contribution in [1.82, 2.24) is 4.53 Å². The molecule has 0 N–H and O–H groups in total. The largest absolute Gasteiger partial charge is 0.461 e. The monoisotopic (exact) mass is 629 g/mol. The van der Waals surface area contributed by atoms with Gasteiger partial charge in [0.25, 0.3) is 0 Å². The maximum absolute atomic E-state index is 13.8. The number of carbonyl (C=O) groups is 1. The van der Waals surface area contributed by atoms with E-state index in [0.29, 0.717) is 0 Å².